The Morgan fingerprint density at radius 1 is 1.62 bits per heavy atom. The van der Waals surface area contributed by atoms with Crippen LogP contribution in [0, 0.1) is 5.82 Å². The Balaban J connectivity index is 2.32. The summed E-state index contributed by atoms with van der Waals surface area (Å²) in [5, 5.41) is 3.13. The van der Waals surface area contributed by atoms with Gasteiger partial charge < -0.3 is 5.32 Å². The lowest BCUT2D eigenvalue weighted by molar-refractivity contribution is 0.593. The van der Waals surface area contributed by atoms with Gasteiger partial charge in [-0.3, -0.25) is 0 Å². The molecule has 1 aliphatic heterocycles. The Bertz CT molecular complexity index is 314. The molecule has 1 aliphatic rings. The van der Waals surface area contributed by atoms with Gasteiger partial charge in [-0.25, -0.2) is 4.39 Å². The van der Waals surface area contributed by atoms with E-state index in [0.717, 1.165) is 17.2 Å². The maximum atomic E-state index is 13.3. The highest BCUT2D eigenvalue weighted by molar-refractivity contribution is 7.99. The lowest BCUT2D eigenvalue weighted by atomic mass is 10.0. The number of halogens is 1. The summed E-state index contributed by atoms with van der Waals surface area (Å²) in [6.07, 6.45) is 0. The van der Waals surface area contributed by atoms with Crippen molar-refractivity contribution in [1.82, 2.24) is 5.32 Å². The van der Waals surface area contributed by atoms with Gasteiger partial charge in [-0.15, -0.1) is 11.8 Å². The monoisotopic (exact) mass is 197 g/mol. The molecule has 0 bridgehead atoms. The third-order valence-electron chi connectivity index (χ3n) is 2.32. The smallest absolute Gasteiger partial charge is 0.137 e. The number of hydrogen-bond donors (Lipinski definition) is 1. The summed E-state index contributed by atoms with van der Waals surface area (Å²) in [7, 11) is 1.93. The molecule has 13 heavy (non-hydrogen) atoms. The van der Waals surface area contributed by atoms with Crippen LogP contribution in [0.1, 0.15) is 11.5 Å². The predicted molar refractivity (Wildman–Crippen MR) is 53.8 cm³/mol. The lowest BCUT2D eigenvalue weighted by Gasteiger charge is -2.08. The third-order valence-corrected chi connectivity index (χ3v) is 3.61. The van der Waals surface area contributed by atoms with Crippen molar-refractivity contribution in [1.29, 1.82) is 0 Å². The molecule has 1 atom stereocenters. The van der Waals surface area contributed by atoms with Gasteiger partial charge in [0.25, 0.3) is 0 Å². The Labute approximate surface area is 81.7 Å². The number of nitrogens with one attached hydrogen (secondary N) is 1. The standard InChI is InChI=1S/C10H12FNS/c1-12-5-7-6-13-10-8(7)3-2-4-9(10)11/h2-4,7,12H,5-6H2,1H3. The largest absolute Gasteiger partial charge is 0.319 e. The summed E-state index contributed by atoms with van der Waals surface area (Å²) in [5.74, 6) is 1.40. The van der Waals surface area contributed by atoms with Crippen molar-refractivity contribution in [2.24, 2.45) is 0 Å². The minimum absolute atomic E-state index is 0.0684. The van der Waals surface area contributed by atoms with Crippen molar-refractivity contribution < 1.29 is 4.39 Å². The number of hydrogen-bond acceptors (Lipinski definition) is 2. The summed E-state index contributed by atoms with van der Waals surface area (Å²) in [6.45, 7) is 0.934. The summed E-state index contributed by atoms with van der Waals surface area (Å²) >= 11 is 1.63. The first-order chi connectivity index (χ1) is 6.33. The van der Waals surface area contributed by atoms with E-state index < -0.39 is 0 Å². The zero-order valence-corrected chi connectivity index (χ0v) is 8.33. The maximum absolute atomic E-state index is 13.3. The minimum Gasteiger partial charge on any atom is -0.319 e. The fraction of sp³-hybridized carbons (Fsp3) is 0.400. The highest BCUT2D eigenvalue weighted by Gasteiger charge is 2.24. The number of benzene rings is 1. The van der Waals surface area contributed by atoms with E-state index in [2.05, 4.69) is 5.32 Å². The first-order valence-electron chi connectivity index (χ1n) is 4.38. The Morgan fingerprint density at radius 2 is 2.46 bits per heavy atom. The molecule has 1 heterocycles. The van der Waals surface area contributed by atoms with Crippen LogP contribution in [0.2, 0.25) is 0 Å². The fourth-order valence-corrected chi connectivity index (χ4v) is 2.96. The number of thioether (sulfide) groups is 1. The van der Waals surface area contributed by atoms with Gasteiger partial charge in [0.05, 0.1) is 0 Å². The molecule has 0 saturated carbocycles. The average Bonchev–Trinajstić information content (AvgIpc) is 2.51. The fourth-order valence-electron chi connectivity index (χ4n) is 1.69. The SMILES string of the molecule is CNCC1CSc2c(F)cccc21. The Morgan fingerprint density at radius 3 is 3.23 bits per heavy atom. The molecule has 0 fully saturated rings. The van der Waals surface area contributed by atoms with E-state index in [0.29, 0.717) is 5.92 Å². The van der Waals surface area contributed by atoms with Gasteiger partial charge in [-0.2, -0.15) is 0 Å². The second kappa shape index (κ2) is 3.68. The van der Waals surface area contributed by atoms with Gasteiger partial charge in [0.15, 0.2) is 0 Å². The van der Waals surface area contributed by atoms with Crippen LogP contribution in [0.3, 0.4) is 0 Å². The second-order valence-corrected chi connectivity index (χ2v) is 4.25. The van der Waals surface area contributed by atoms with Crippen molar-refractivity contribution in [2.75, 3.05) is 19.3 Å². The molecule has 1 N–H and O–H groups in total. The summed E-state index contributed by atoms with van der Waals surface area (Å²) in [4.78, 5) is 0.850. The van der Waals surface area contributed by atoms with Crippen LogP contribution >= 0.6 is 11.8 Å². The molecule has 0 amide bonds. The molecule has 0 aromatic heterocycles. The van der Waals surface area contributed by atoms with Crippen molar-refractivity contribution in [3.8, 4) is 0 Å². The van der Waals surface area contributed by atoms with E-state index >= 15 is 0 Å². The van der Waals surface area contributed by atoms with E-state index in [9.17, 15) is 4.39 Å². The maximum Gasteiger partial charge on any atom is 0.137 e. The quantitative estimate of drug-likeness (QED) is 0.780. The molecule has 2 rings (SSSR count). The molecule has 0 radical (unpaired) electrons. The molecule has 1 nitrogen and oxygen atoms in total. The molecule has 70 valence electrons. The topological polar surface area (TPSA) is 12.0 Å². The first-order valence-corrected chi connectivity index (χ1v) is 5.37. The van der Waals surface area contributed by atoms with Crippen molar-refractivity contribution in [3.05, 3.63) is 29.6 Å². The minimum atomic E-state index is -0.0684. The molecule has 0 saturated heterocycles. The zero-order valence-electron chi connectivity index (χ0n) is 7.51. The first kappa shape index (κ1) is 9.03. The van der Waals surface area contributed by atoms with E-state index in [1.807, 2.05) is 13.1 Å². The van der Waals surface area contributed by atoms with Gasteiger partial charge >= 0.3 is 0 Å². The molecule has 1 aromatic rings. The third kappa shape index (κ3) is 1.58. The molecule has 1 unspecified atom stereocenters. The zero-order chi connectivity index (χ0) is 9.26. The summed E-state index contributed by atoms with van der Waals surface area (Å²) in [6, 6.07) is 5.36. The van der Waals surface area contributed by atoms with Crippen LogP contribution in [0.25, 0.3) is 0 Å². The molecule has 0 spiro atoms. The number of likely N-dealkylation sites (N-methyl/N-ethyl adjacent to an activating group) is 1. The lowest BCUT2D eigenvalue weighted by Crippen LogP contribution is -2.16. The molecule has 3 heteroatoms. The van der Waals surface area contributed by atoms with Gasteiger partial charge in [0.1, 0.15) is 5.82 Å². The van der Waals surface area contributed by atoms with E-state index in [1.54, 1.807) is 17.8 Å². The Hall–Kier alpha value is -0.540. The van der Waals surface area contributed by atoms with Crippen molar-refractivity contribution in [3.63, 3.8) is 0 Å². The van der Waals surface area contributed by atoms with Crippen LogP contribution in [-0.2, 0) is 0 Å². The summed E-state index contributed by atoms with van der Waals surface area (Å²) in [5.41, 5.74) is 1.17. The Kier molecular flexibility index (Phi) is 2.56. The van der Waals surface area contributed by atoms with Gasteiger partial charge in [0, 0.05) is 23.1 Å². The normalized spacial score (nSPS) is 20.3. The highest BCUT2D eigenvalue weighted by atomic mass is 32.2. The van der Waals surface area contributed by atoms with E-state index in [4.69, 9.17) is 0 Å². The van der Waals surface area contributed by atoms with Gasteiger partial charge in [-0.1, -0.05) is 12.1 Å². The van der Waals surface area contributed by atoms with Crippen LogP contribution in [-0.4, -0.2) is 19.3 Å². The van der Waals surface area contributed by atoms with E-state index in [1.165, 1.54) is 11.6 Å². The highest BCUT2D eigenvalue weighted by Crippen LogP contribution is 2.40. The molecular weight excluding hydrogens is 185 g/mol. The average molecular weight is 197 g/mol. The van der Waals surface area contributed by atoms with Gasteiger partial charge in [-0.05, 0) is 18.7 Å². The molecular formula is C10H12FNS. The number of rotatable bonds is 2. The van der Waals surface area contributed by atoms with Crippen LogP contribution in [0.15, 0.2) is 23.1 Å². The summed E-state index contributed by atoms with van der Waals surface area (Å²) < 4.78 is 13.3. The predicted octanol–water partition coefficient (Wildman–Crippen LogP) is 2.23. The second-order valence-electron chi connectivity index (χ2n) is 3.22. The molecule has 0 aliphatic carbocycles. The molecule has 1 aromatic carbocycles. The number of fused-ring (bicyclic) bond motifs is 1. The van der Waals surface area contributed by atoms with Crippen LogP contribution in [0.5, 0.6) is 0 Å². The van der Waals surface area contributed by atoms with Crippen molar-refractivity contribution >= 4 is 11.8 Å². The van der Waals surface area contributed by atoms with E-state index in [-0.39, 0.29) is 5.82 Å². The van der Waals surface area contributed by atoms with Gasteiger partial charge in [0.2, 0.25) is 0 Å². The van der Waals surface area contributed by atoms with Crippen molar-refractivity contribution in [2.45, 2.75) is 10.8 Å². The van der Waals surface area contributed by atoms with Crippen LogP contribution in [0.4, 0.5) is 4.39 Å². The van der Waals surface area contributed by atoms with Crippen LogP contribution < -0.4 is 5.32 Å².